The molecular formula is C22H21ClN2O3. The van der Waals surface area contributed by atoms with E-state index < -0.39 is 0 Å². The Morgan fingerprint density at radius 2 is 1.86 bits per heavy atom. The fourth-order valence-corrected chi connectivity index (χ4v) is 2.90. The fraction of sp³-hybridized carbons (Fsp3) is 0.227. The van der Waals surface area contributed by atoms with Gasteiger partial charge >= 0.3 is 0 Å². The van der Waals surface area contributed by atoms with Crippen molar-refractivity contribution in [1.29, 1.82) is 0 Å². The van der Waals surface area contributed by atoms with Crippen LogP contribution in [-0.4, -0.2) is 15.9 Å². The number of hydrogen-bond acceptors (Lipinski definition) is 5. The minimum absolute atomic E-state index is 0.0594. The predicted molar refractivity (Wildman–Crippen MR) is 108 cm³/mol. The summed E-state index contributed by atoms with van der Waals surface area (Å²) < 4.78 is 11.1. The summed E-state index contributed by atoms with van der Waals surface area (Å²) in [4.78, 5) is 16.6. The standard InChI is InChI=1S/C22H21ClN2O3/c1-13(2)22(26)18-9-10-19(15(4)14(18)3)27-12-21-24-20(25-28-21)11-16-5-7-17(23)8-6-16/h5-10H,1,11-12H2,2-4H3. The van der Waals surface area contributed by atoms with Crippen molar-refractivity contribution in [3.05, 3.63) is 87.5 Å². The minimum Gasteiger partial charge on any atom is -0.483 e. The van der Waals surface area contributed by atoms with Gasteiger partial charge in [0.2, 0.25) is 0 Å². The molecule has 0 saturated heterocycles. The maximum Gasteiger partial charge on any atom is 0.264 e. The molecule has 0 aliphatic heterocycles. The number of ether oxygens (including phenoxy) is 1. The van der Waals surface area contributed by atoms with E-state index in [1.807, 2.05) is 38.1 Å². The van der Waals surface area contributed by atoms with Crippen molar-refractivity contribution in [3.63, 3.8) is 0 Å². The van der Waals surface area contributed by atoms with Crippen molar-refractivity contribution >= 4 is 17.4 Å². The quantitative estimate of drug-likeness (QED) is 0.402. The van der Waals surface area contributed by atoms with Crippen LogP contribution in [-0.2, 0) is 13.0 Å². The third-order valence-corrected chi connectivity index (χ3v) is 4.76. The summed E-state index contributed by atoms with van der Waals surface area (Å²) in [5, 5.41) is 4.68. The number of carbonyl (C=O) groups excluding carboxylic acids is 1. The van der Waals surface area contributed by atoms with Gasteiger partial charge in [0.1, 0.15) is 5.75 Å². The normalized spacial score (nSPS) is 10.7. The molecule has 5 nitrogen and oxygen atoms in total. The highest BCUT2D eigenvalue weighted by molar-refractivity contribution is 6.30. The van der Waals surface area contributed by atoms with Gasteiger partial charge in [-0.05, 0) is 67.3 Å². The van der Waals surface area contributed by atoms with Crippen LogP contribution in [0.2, 0.25) is 5.02 Å². The fourth-order valence-electron chi connectivity index (χ4n) is 2.77. The number of rotatable bonds is 7. The summed E-state index contributed by atoms with van der Waals surface area (Å²) in [6.07, 6.45) is 0.552. The summed E-state index contributed by atoms with van der Waals surface area (Å²) in [6.45, 7) is 9.40. The number of halogens is 1. The lowest BCUT2D eigenvalue weighted by Crippen LogP contribution is -2.06. The molecule has 0 bridgehead atoms. The van der Waals surface area contributed by atoms with Gasteiger partial charge in [-0.2, -0.15) is 4.98 Å². The Kier molecular flexibility index (Phi) is 5.95. The molecule has 0 amide bonds. The average molecular weight is 397 g/mol. The van der Waals surface area contributed by atoms with Crippen LogP contribution in [0, 0.1) is 13.8 Å². The first-order valence-corrected chi connectivity index (χ1v) is 9.22. The van der Waals surface area contributed by atoms with Gasteiger partial charge in [0, 0.05) is 17.0 Å². The molecule has 144 valence electrons. The molecule has 0 fully saturated rings. The Bertz CT molecular complexity index is 1020. The van der Waals surface area contributed by atoms with Crippen molar-refractivity contribution in [3.8, 4) is 5.75 Å². The van der Waals surface area contributed by atoms with E-state index in [0.29, 0.717) is 40.0 Å². The molecule has 2 aromatic carbocycles. The first-order chi connectivity index (χ1) is 13.3. The summed E-state index contributed by atoms with van der Waals surface area (Å²) in [6, 6.07) is 11.0. The van der Waals surface area contributed by atoms with Crippen LogP contribution in [0.5, 0.6) is 5.75 Å². The monoisotopic (exact) mass is 396 g/mol. The number of allylic oxidation sites excluding steroid dienone is 1. The van der Waals surface area contributed by atoms with E-state index in [2.05, 4.69) is 16.7 Å². The average Bonchev–Trinajstić information content (AvgIpc) is 3.11. The third-order valence-electron chi connectivity index (χ3n) is 4.51. The molecule has 0 aliphatic rings. The van der Waals surface area contributed by atoms with Crippen LogP contribution in [0.4, 0.5) is 0 Å². The predicted octanol–water partition coefficient (Wildman–Crippen LogP) is 5.27. The van der Waals surface area contributed by atoms with E-state index in [9.17, 15) is 4.79 Å². The van der Waals surface area contributed by atoms with Gasteiger partial charge < -0.3 is 9.26 Å². The number of ketones is 1. The summed E-state index contributed by atoms with van der Waals surface area (Å²) >= 11 is 5.90. The van der Waals surface area contributed by atoms with Gasteiger partial charge in [0.05, 0.1) is 0 Å². The molecular weight excluding hydrogens is 376 g/mol. The van der Waals surface area contributed by atoms with Crippen molar-refractivity contribution in [2.24, 2.45) is 0 Å². The van der Waals surface area contributed by atoms with Gasteiger partial charge in [0.25, 0.3) is 5.89 Å². The van der Waals surface area contributed by atoms with Crippen LogP contribution in [0.15, 0.2) is 53.1 Å². The Hall–Kier alpha value is -2.92. The van der Waals surface area contributed by atoms with Crippen molar-refractivity contribution < 1.29 is 14.1 Å². The van der Waals surface area contributed by atoms with Gasteiger partial charge in [-0.3, -0.25) is 4.79 Å². The lowest BCUT2D eigenvalue weighted by molar-refractivity contribution is 0.103. The first-order valence-electron chi connectivity index (χ1n) is 8.84. The molecule has 0 saturated carbocycles. The van der Waals surface area contributed by atoms with E-state index in [-0.39, 0.29) is 12.4 Å². The second kappa shape index (κ2) is 8.40. The highest BCUT2D eigenvalue weighted by atomic mass is 35.5. The maximum atomic E-state index is 12.2. The first kappa shape index (κ1) is 19.8. The highest BCUT2D eigenvalue weighted by Gasteiger charge is 2.15. The molecule has 0 unspecified atom stereocenters. The molecule has 6 heteroatoms. The van der Waals surface area contributed by atoms with Gasteiger partial charge in [0.15, 0.2) is 18.2 Å². The Morgan fingerprint density at radius 1 is 1.14 bits per heavy atom. The molecule has 1 heterocycles. The van der Waals surface area contributed by atoms with Crippen LogP contribution in [0.3, 0.4) is 0 Å². The smallest absolute Gasteiger partial charge is 0.264 e. The van der Waals surface area contributed by atoms with E-state index in [0.717, 1.165) is 16.7 Å². The topological polar surface area (TPSA) is 65.2 Å². The number of benzene rings is 2. The molecule has 0 N–H and O–H groups in total. The number of Topliss-reactive ketones (excluding diaryl/α,β-unsaturated/α-hetero) is 1. The van der Waals surface area contributed by atoms with Crippen molar-refractivity contribution in [1.82, 2.24) is 10.1 Å². The molecule has 28 heavy (non-hydrogen) atoms. The molecule has 0 aliphatic carbocycles. The van der Waals surface area contributed by atoms with E-state index >= 15 is 0 Å². The number of carbonyl (C=O) groups is 1. The SMILES string of the molecule is C=C(C)C(=O)c1ccc(OCc2nc(Cc3ccc(Cl)cc3)no2)c(C)c1C. The van der Waals surface area contributed by atoms with Gasteiger partial charge in [-0.25, -0.2) is 0 Å². The maximum absolute atomic E-state index is 12.2. The zero-order chi connectivity index (χ0) is 20.3. The summed E-state index contributed by atoms with van der Waals surface area (Å²) in [5.41, 5.74) is 3.96. The van der Waals surface area contributed by atoms with E-state index in [1.165, 1.54) is 0 Å². The lowest BCUT2D eigenvalue weighted by atomic mass is 9.96. The number of nitrogens with zero attached hydrogens (tertiary/aromatic N) is 2. The Morgan fingerprint density at radius 3 is 2.54 bits per heavy atom. The zero-order valence-corrected chi connectivity index (χ0v) is 16.8. The number of hydrogen-bond donors (Lipinski definition) is 0. The van der Waals surface area contributed by atoms with E-state index in [4.69, 9.17) is 20.9 Å². The molecule has 0 radical (unpaired) electrons. The minimum atomic E-state index is -0.0594. The molecule has 0 spiro atoms. The van der Waals surface area contributed by atoms with Crippen LogP contribution >= 0.6 is 11.6 Å². The van der Waals surface area contributed by atoms with Crippen molar-refractivity contribution in [2.45, 2.75) is 33.8 Å². The van der Waals surface area contributed by atoms with E-state index in [1.54, 1.807) is 19.1 Å². The number of aromatic nitrogens is 2. The van der Waals surface area contributed by atoms with Gasteiger partial charge in [-0.1, -0.05) is 35.5 Å². The van der Waals surface area contributed by atoms with Gasteiger partial charge in [-0.15, -0.1) is 0 Å². The van der Waals surface area contributed by atoms with Crippen molar-refractivity contribution in [2.75, 3.05) is 0 Å². The highest BCUT2D eigenvalue weighted by Crippen LogP contribution is 2.26. The Balaban J connectivity index is 1.67. The summed E-state index contributed by atoms with van der Waals surface area (Å²) in [5.74, 6) is 1.59. The second-order valence-electron chi connectivity index (χ2n) is 6.67. The lowest BCUT2D eigenvalue weighted by Gasteiger charge is -2.13. The Labute approximate surface area is 169 Å². The van der Waals surface area contributed by atoms with Crippen LogP contribution in [0.1, 0.15) is 45.7 Å². The molecule has 0 atom stereocenters. The third kappa shape index (κ3) is 4.49. The summed E-state index contributed by atoms with van der Waals surface area (Å²) in [7, 11) is 0. The molecule has 3 aromatic rings. The molecule has 3 rings (SSSR count). The van der Waals surface area contributed by atoms with Crippen LogP contribution in [0.25, 0.3) is 0 Å². The molecule has 1 aromatic heterocycles. The van der Waals surface area contributed by atoms with Crippen LogP contribution < -0.4 is 4.74 Å². The largest absolute Gasteiger partial charge is 0.483 e. The second-order valence-corrected chi connectivity index (χ2v) is 7.10. The zero-order valence-electron chi connectivity index (χ0n) is 16.1.